The van der Waals surface area contributed by atoms with Crippen molar-refractivity contribution >= 4 is 58.1 Å². The van der Waals surface area contributed by atoms with E-state index in [2.05, 4.69) is 25.5 Å². The van der Waals surface area contributed by atoms with E-state index in [9.17, 15) is 9.59 Å². The van der Waals surface area contributed by atoms with Gasteiger partial charge in [-0.3, -0.25) is 14.5 Å². The maximum Gasteiger partial charge on any atom is 0.280 e. The van der Waals surface area contributed by atoms with Gasteiger partial charge in [-0.2, -0.15) is 0 Å². The van der Waals surface area contributed by atoms with Gasteiger partial charge in [-0.25, -0.2) is 4.98 Å². The first-order valence-electron chi connectivity index (χ1n) is 11.6. The molecule has 1 saturated carbocycles. The van der Waals surface area contributed by atoms with Crippen LogP contribution >= 0.6 is 35.3 Å². The maximum absolute atomic E-state index is 13.0. The molecule has 188 valence electrons. The van der Waals surface area contributed by atoms with Gasteiger partial charge in [0.25, 0.3) is 11.8 Å². The molecule has 5 rings (SSSR count). The molecule has 0 unspecified atom stereocenters. The topological polar surface area (TPSA) is 99.3 Å². The molecule has 8 nitrogen and oxygen atoms in total. The van der Waals surface area contributed by atoms with Gasteiger partial charge in [0.05, 0.1) is 12.3 Å². The Bertz CT molecular complexity index is 1210. The maximum atomic E-state index is 13.0. The van der Waals surface area contributed by atoms with Gasteiger partial charge in [-0.1, -0.05) is 11.6 Å². The van der Waals surface area contributed by atoms with Gasteiger partial charge < -0.3 is 20.4 Å². The summed E-state index contributed by atoms with van der Waals surface area (Å²) in [6, 6.07) is 7.04. The highest BCUT2D eigenvalue weighted by molar-refractivity contribution is 7.13. The van der Waals surface area contributed by atoms with Gasteiger partial charge in [0, 0.05) is 66.1 Å². The van der Waals surface area contributed by atoms with E-state index in [0.717, 1.165) is 66.8 Å². The number of nitrogens with one attached hydrogen (secondary N) is 3. The van der Waals surface area contributed by atoms with Gasteiger partial charge >= 0.3 is 0 Å². The van der Waals surface area contributed by atoms with E-state index < -0.39 is 0 Å². The van der Waals surface area contributed by atoms with Crippen molar-refractivity contribution in [3.05, 3.63) is 50.6 Å². The van der Waals surface area contributed by atoms with Crippen molar-refractivity contribution in [1.82, 2.24) is 25.5 Å². The van der Waals surface area contributed by atoms with E-state index >= 15 is 0 Å². The lowest BCUT2D eigenvalue weighted by atomic mass is 10.1. The summed E-state index contributed by atoms with van der Waals surface area (Å²) in [6.45, 7) is 3.31. The fraction of sp³-hybridized carbons (Fsp3) is 0.458. The predicted molar refractivity (Wildman–Crippen MR) is 140 cm³/mol. The molecule has 35 heavy (non-hydrogen) atoms. The third-order valence-electron chi connectivity index (χ3n) is 6.59. The zero-order chi connectivity index (χ0) is 23.7. The quantitative estimate of drug-likeness (QED) is 0.425. The molecule has 3 N–H and O–H groups in total. The van der Waals surface area contributed by atoms with Crippen LogP contribution in [0.2, 0.25) is 5.02 Å². The molecule has 1 aliphatic heterocycles. The highest BCUT2D eigenvalue weighted by Gasteiger charge is 2.32. The molecule has 0 spiro atoms. The standard InChI is InChI=1S/C24H28ClN5O3S.ClH/c1-33-10-9-30-8-7-19-21(13-30)34-24(29-19)23(32)28-18-4-2-3-17(18)27-22(31)20-12-14-11-15(25)5-6-16(14)26-20;/h5-6,11-12,17-18,26H,2-4,7-10,13H2,1H3,(H,27,31)(H,28,32);1H/t17-,18-;/m0./s1. The monoisotopic (exact) mass is 537 g/mol. The molecule has 11 heteroatoms. The highest BCUT2D eigenvalue weighted by Crippen LogP contribution is 2.26. The molecule has 1 aromatic carbocycles. The fourth-order valence-electron chi connectivity index (χ4n) is 4.76. The van der Waals surface area contributed by atoms with Gasteiger partial charge in [0.2, 0.25) is 0 Å². The molecule has 1 fully saturated rings. The molecule has 2 atom stereocenters. The number of methoxy groups -OCH3 is 1. The zero-order valence-corrected chi connectivity index (χ0v) is 21.8. The van der Waals surface area contributed by atoms with Crippen molar-refractivity contribution in [3.8, 4) is 0 Å². The number of carbonyl (C=O) groups is 2. The summed E-state index contributed by atoms with van der Waals surface area (Å²) in [4.78, 5) is 37.1. The molecule has 1 aliphatic carbocycles. The van der Waals surface area contributed by atoms with Crippen LogP contribution in [-0.4, -0.2) is 65.6 Å². The van der Waals surface area contributed by atoms with Crippen LogP contribution in [0.4, 0.5) is 0 Å². The van der Waals surface area contributed by atoms with E-state index in [1.165, 1.54) is 11.3 Å². The third kappa shape index (κ3) is 5.81. The first-order valence-corrected chi connectivity index (χ1v) is 12.8. The minimum absolute atomic E-state index is 0. The van der Waals surface area contributed by atoms with Crippen LogP contribution in [-0.2, 0) is 17.7 Å². The normalized spacial score (nSPS) is 19.8. The lowest BCUT2D eigenvalue weighted by molar-refractivity contribution is 0.0889. The summed E-state index contributed by atoms with van der Waals surface area (Å²) in [5.41, 5.74) is 2.37. The van der Waals surface area contributed by atoms with Gasteiger partial charge in [0.15, 0.2) is 5.01 Å². The van der Waals surface area contributed by atoms with Gasteiger partial charge in [-0.05, 0) is 43.5 Å². The lowest BCUT2D eigenvalue weighted by Gasteiger charge is -2.25. The number of benzene rings is 1. The first kappa shape index (κ1) is 25.9. The smallest absolute Gasteiger partial charge is 0.280 e. The Morgan fingerprint density at radius 1 is 1.23 bits per heavy atom. The van der Waals surface area contributed by atoms with Gasteiger partial charge in [0.1, 0.15) is 5.69 Å². The number of nitrogens with zero attached hydrogens (tertiary/aromatic N) is 2. The number of amides is 2. The van der Waals surface area contributed by atoms with Crippen molar-refractivity contribution in [2.45, 2.75) is 44.3 Å². The summed E-state index contributed by atoms with van der Waals surface area (Å²) in [5, 5.41) is 8.24. The van der Waals surface area contributed by atoms with Crippen LogP contribution in [0.15, 0.2) is 24.3 Å². The third-order valence-corrected chi connectivity index (χ3v) is 7.91. The summed E-state index contributed by atoms with van der Waals surface area (Å²) in [5.74, 6) is -0.339. The van der Waals surface area contributed by atoms with E-state index in [1.54, 1.807) is 19.2 Å². The number of halogens is 2. The second-order valence-corrected chi connectivity index (χ2v) is 10.4. The molecule has 3 aromatic rings. The van der Waals surface area contributed by atoms with E-state index in [-0.39, 0.29) is 36.3 Å². The molecule has 0 saturated heterocycles. The number of fused-ring (bicyclic) bond motifs is 2. The Labute approximate surface area is 219 Å². The van der Waals surface area contributed by atoms with Crippen LogP contribution in [0.1, 0.15) is 50.1 Å². The van der Waals surface area contributed by atoms with Crippen LogP contribution in [0.25, 0.3) is 10.9 Å². The second-order valence-electron chi connectivity index (χ2n) is 8.91. The number of hydrogen-bond donors (Lipinski definition) is 3. The number of ether oxygens (including phenoxy) is 1. The van der Waals surface area contributed by atoms with Crippen LogP contribution in [0.5, 0.6) is 0 Å². The first-order chi connectivity index (χ1) is 16.5. The van der Waals surface area contributed by atoms with E-state index in [0.29, 0.717) is 22.3 Å². The summed E-state index contributed by atoms with van der Waals surface area (Å²) in [6.07, 6.45) is 3.45. The molecule has 0 bridgehead atoms. The molecule has 2 aliphatic rings. The Morgan fingerprint density at radius 3 is 2.77 bits per heavy atom. The minimum atomic E-state index is -0.181. The fourth-order valence-corrected chi connectivity index (χ4v) is 6.00. The molecule has 2 amide bonds. The SMILES string of the molecule is COCCN1CCc2nc(C(=O)N[C@H]3CCC[C@@H]3NC(=O)c3cc4cc(Cl)ccc4[nH]3)sc2C1.Cl. The number of aromatic nitrogens is 2. The molecular weight excluding hydrogens is 509 g/mol. The summed E-state index contributed by atoms with van der Waals surface area (Å²) >= 11 is 7.53. The molecular formula is C24H29Cl2N5O3S. The zero-order valence-electron chi connectivity index (χ0n) is 19.4. The van der Waals surface area contributed by atoms with Crippen molar-refractivity contribution < 1.29 is 14.3 Å². The largest absolute Gasteiger partial charge is 0.383 e. The van der Waals surface area contributed by atoms with Crippen LogP contribution in [0, 0.1) is 0 Å². The Kier molecular flexibility index (Phi) is 8.34. The van der Waals surface area contributed by atoms with E-state index in [4.69, 9.17) is 16.3 Å². The highest BCUT2D eigenvalue weighted by atomic mass is 35.5. The number of carbonyl (C=O) groups excluding carboxylic acids is 2. The summed E-state index contributed by atoms with van der Waals surface area (Å²) in [7, 11) is 1.71. The predicted octanol–water partition coefficient (Wildman–Crippen LogP) is 3.79. The number of aromatic amines is 1. The van der Waals surface area contributed by atoms with Crippen LogP contribution in [0.3, 0.4) is 0 Å². The summed E-state index contributed by atoms with van der Waals surface area (Å²) < 4.78 is 5.18. The minimum Gasteiger partial charge on any atom is -0.383 e. The average molecular weight is 539 g/mol. The number of rotatable bonds is 7. The van der Waals surface area contributed by atoms with Crippen molar-refractivity contribution in [1.29, 1.82) is 0 Å². The molecule has 2 aromatic heterocycles. The van der Waals surface area contributed by atoms with Crippen molar-refractivity contribution in [3.63, 3.8) is 0 Å². The van der Waals surface area contributed by atoms with E-state index in [1.807, 2.05) is 12.1 Å². The number of thiazole rings is 1. The number of H-pyrrole nitrogens is 1. The Balaban J connectivity index is 0.00000289. The van der Waals surface area contributed by atoms with Crippen molar-refractivity contribution in [2.75, 3.05) is 26.8 Å². The van der Waals surface area contributed by atoms with Crippen LogP contribution < -0.4 is 10.6 Å². The Morgan fingerprint density at radius 2 is 2.00 bits per heavy atom. The number of hydrogen-bond acceptors (Lipinski definition) is 6. The lowest BCUT2D eigenvalue weighted by Crippen LogP contribution is -2.48. The Hall–Kier alpha value is -2.17. The van der Waals surface area contributed by atoms with Crippen molar-refractivity contribution in [2.24, 2.45) is 0 Å². The molecule has 3 heterocycles. The molecule has 0 radical (unpaired) electrons. The second kappa shape index (κ2) is 11.3. The average Bonchev–Trinajstić information content (AvgIpc) is 3.55. The van der Waals surface area contributed by atoms with Gasteiger partial charge in [-0.15, -0.1) is 23.7 Å².